The molecule has 2 aromatic carbocycles. The molecule has 1 fully saturated rings. The van der Waals surface area contributed by atoms with E-state index >= 15 is 0 Å². The molecule has 156 valence electrons. The molecule has 0 bridgehead atoms. The second kappa shape index (κ2) is 8.54. The number of hydrogen-bond donors (Lipinski definition) is 1. The molecule has 5 nitrogen and oxygen atoms in total. The van der Waals surface area contributed by atoms with Gasteiger partial charge in [-0.25, -0.2) is 8.42 Å². The van der Waals surface area contributed by atoms with Crippen LogP contribution in [0.1, 0.15) is 31.2 Å². The maximum absolute atomic E-state index is 13.0. The highest BCUT2D eigenvalue weighted by Crippen LogP contribution is 2.31. The predicted octanol–water partition coefficient (Wildman–Crippen LogP) is 4.28. The zero-order valence-electron chi connectivity index (χ0n) is 15.5. The van der Waals surface area contributed by atoms with E-state index < -0.39 is 33.7 Å². The van der Waals surface area contributed by atoms with Crippen LogP contribution in [-0.4, -0.2) is 31.2 Å². The minimum Gasteiger partial charge on any atom is -0.326 e. The van der Waals surface area contributed by atoms with Gasteiger partial charge in [-0.15, -0.1) is 0 Å². The van der Waals surface area contributed by atoms with Crippen molar-refractivity contribution in [3.63, 3.8) is 0 Å². The molecule has 3 rings (SSSR count). The zero-order valence-corrected chi connectivity index (χ0v) is 16.3. The summed E-state index contributed by atoms with van der Waals surface area (Å²) in [7, 11) is -3.75. The van der Waals surface area contributed by atoms with Gasteiger partial charge in [-0.1, -0.05) is 30.7 Å². The molecule has 1 N–H and O–H groups in total. The van der Waals surface area contributed by atoms with Gasteiger partial charge < -0.3 is 5.32 Å². The lowest BCUT2D eigenvalue weighted by Crippen LogP contribution is -2.45. The first-order valence-corrected chi connectivity index (χ1v) is 10.7. The van der Waals surface area contributed by atoms with E-state index in [4.69, 9.17) is 0 Å². The summed E-state index contributed by atoms with van der Waals surface area (Å²) >= 11 is 0. The number of anilines is 1. The molecule has 0 aromatic heterocycles. The van der Waals surface area contributed by atoms with Crippen LogP contribution in [0.15, 0.2) is 59.5 Å². The first-order chi connectivity index (χ1) is 13.7. The van der Waals surface area contributed by atoms with E-state index in [1.165, 1.54) is 28.6 Å². The Morgan fingerprint density at radius 3 is 2.48 bits per heavy atom. The molecule has 1 amide bonds. The van der Waals surface area contributed by atoms with Gasteiger partial charge in [-0.3, -0.25) is 4.79 Å². The van der Waals surface area contributed by atoms with Crippen LogP contribution in [-0.2, 0) is 21.0 Å². The second-order valence-electron chi connectivity index (χ2n) is 6.91. The number of halogens is 3. The summed E-state index contributed by atoms with van der Waals surface area (Å²) in [6.07, 6.45) is -2.64. The second-order valence-corrected chi connectivity index (χ2v) is 8.80. The number of piperidine rings is 1. The average molecular weight is 426 g/mol. The van der Waals surface area contributed by atoms with Gasteiger partial charge in [0.25, 0.3) is 0 Å². The van der Waals surface area contributed by atoms with Crippen LogP contribution >= 0.6 is 0 Å². The number of sulfonamides is 1. The molecule has 29 heavy (non-hydrogen) atoms. The van der Waals surface area contributed by atoms with E-state index in [9.17, 15) is 26.4 Å². The fourth-order valence-corrected chi connectivity index (χ4v) is 5.14. The van der Waals surface area contributed by atoms with E-state index in [0.717, 1.165) is 18.6 Å². The highest BCUT2D eigenvalue weighted by atomic mass is 32.2. The smallest absolute Gasteiger partial charge is 0.326 e. The quantitative estimate of drug-likeness (QED) is 0.776. The molecule has 0 spiro atoms. The molecule has 1 atom stereocenters. The maximum Gasteiger partial charge on any atom is 0.416 e. The van der Waals surface area contributed by atoms with Crippen molar-refractivity contribution in [1.29, 1.82) is 0 Å². The van der Waals surface area contributed by atoms with Gasteiger partial charge in [0, 0.05) is 24.7 Å². The Bertz CT molecular complexity index is 962. The van der Waals surface area contributed by atoms with Crippen LogP contribution in [0.25, 0.3) is 0 Å². The normalized spacial score (nSPS) is 18.4. The third-order valence-electron chi connectivity index (χ3n) is 4.82. The summed E-state index contributed by atoms with van der Waals surface area (Å²) < 4.78 is 65.8. The number of amides is 1. The Kier molecular flexibility index (Phi) is 6.28. The molecule has 0 radical (unpaired) electrons. The number of carbonyl (C=O) groups excluding carboxylic acids is 1. The van der Waals surface area contributed by atoms with E-state index in [-0.39, 0.29) is 17.0 Å². The number of rotatable bonds is 5. The van der Waals surface area contributed by atoms with Gasteiger partial charge in [-0.2, -0.15) is 17.5 Å². The van der Waals surface area contributed by atoms with Gasteiger partial charge in [0.1, 0.15) is 0 Å². The summed E-state index contributed by atoms with van der Waals surface area (Å²) in [5.74, 6) is -0.524. The molecule has 1 aliphatic heterocycles. The number of nitrogens with zero attached hydrogens (tertiary/aromatic N) is 1. The molecular formula is C20H21F3N2O3S. The van der Waals surface area contributed by atoms with E-state index in [2.05, 4.69) is 5.32 Å². The molecule has 2 aromatic rings. The molecule has 0 saturated carbocycles. The number of carbonyl (C=O) groups is 1. The van der Waals surface area contributed by atoms with Crippen LogP contribution in [0.5, 0.6) is 0 Å². The largest absolute Gasteiger partial charge is 0.416 e. The molecule has 1 saturated heterocycles. The molecule has 1 aliphatic rings. The van der Waals surface area contributed by atoms with Crippen LogP contribution in [0.4, 0.5) is 18.9 Å². The summed E-state index contributed by atoms with van der Waals surface area (Å²) in [5.41, 5.74) is -0.834. The standard InChI is InChI=1S/C20H21F3N2O3S/c21-20(22,23)15-7-6-8-16(13-15)24-19(26)14-17-9-4-5-12-25(17)29(27,28)18-10-2-1-3-11-18/h1-3,6-8,10-11,13,17H,4-5,9,12,14H2,(H,24,26)/t17-/m0/s1. The number of alkyl halides is 3. The topological polar surface area (TPSA) is 66.5 Å². The third kappa shape index (κ3) is 5.16. The molecule has 1 heterocycles. The van der Waals surface area contributed by atoms with Crippen LogP contribution < -0.4 is 5.32 Å². The highest BCUT2D eigenvalue weighted by Gasteiger charge is 2.35. The van der Waals surface area contributed by atoms with Gasteiger partial charge in [0.05, 0.1) is 10.5 Å². The Hall–Kier alpha value is -2.39. The van der Waals surface area contributed by atoms with Gasteiger partial charge in [0.2, 0.25) is 15.9 Å². The van der Waals surface area contributed by atoms with Crippen molar-refractivity contribution in [2.45, 2.75) is 42.8 Å². The number of benzene rings is 2. The number of hydrogen-bond acceptors (Lipinski definition) is 3. The van der Waals surface area contributed by atoms with Crippen molar-refractivity contribution >= 4 is 21.6 Å². The van der Waals surface area contributed by atoms with Gasteiger partial charge in [0.15, 0.2) is 0 Å². The Morgan fingerprint density at radius 1 is 1.07 bits per heavy atom. The van der Waals surface area contributed by atoms with Gasteiger partial charge in [-0.05, 0) is 43.2 Å². The lowest BCUT2D eigenvalue weighted by molar-refractivity contribution is -0.137. The molecular weight excluding hydrogens is 405 g/mol. The average Bonchev–Trinajstić information content (AvgIpc) is 2.68. The van der Waals surface area contributed by atoms with Crippen molar-refractivity contribution in [3.8, 4) is 0 Å². The molecule has 0 aliphatic carbocycles. The van der Waals surface area contributed by atoms with Crippen molar-refractivity contribution in [1.82, 2.24) is 4.31 Å². The van der Waals surface area contributed by atoms with Crippen molar-refractivity contribution in [2.75, 3.05) is 11.9 Å². The van der Waals surface area contributed by atoms with Gasteiger partial charge >= 0.3 is 6.18 Å². The molecule has 9 heteroatoms. The lowest BCUT2D eigenvalue weighted by Gasteiger charge is -2.34. The van der Waals surface area contributed by atoms with Crippen molar-refractivity contribution in [3.05, 3.63) is 60.2 Å². The minimum atomic E-state index is -4.51. The first-order valence-electron chi connectivity index (χ1n) is 9.22. The van der Waals surface area contributed by atoms with E-state index in [1.54, 1.807) is 18.2 Å². The Labute approximate surface area is 167 Å². The van der Waals surface area contributed by atoms with E-state index in [0.29, 0.717) is 19.4 Å². The van der Waals surface area contributed by atoms with Crippen molar-refractivity contribution in [2.24, 2.45) is 0 Å². The summed E-state index contributed by atoms with van der Waals surface area (Å²) in [5, 5.41) is 2.45. The minimum absolute atomic E-state index is 0.0260. The van der Waals surface area contributed by atoms with E-state index in [1.807, 2.05) is 0 Å². The Balaban J connectivity index is 1.73. The zero-order chi connectivity index (χ0) is 21.1. The third-order valence-corrected chi connectivity index (χ3v) is 6.78. The SMILES string of the molecule is O=C(C[C@@H]1CCCCN1S(=O)(=O)c1ccccc1)Nc1cccc(C(F)(F)F)c1. The summed E-state index contributed by atoms with van der Waals surface area (Å²) in [4.78, 5) is 12.6. The van der Waals surface area contributed by atoms with Crippen molar-refractivity contribution < 1.29 is 26.4 Å². The first kappa shape index (κ1) is 21.3. The highest BCUT2D eigenvalue weighted by molar-refractivity contribution is 7.89. The number of nitrogens with one attached hydrogen (secondary N) is 1. The Morgan fingerprint density at radius 2 is 1.79 bits per heavy atom. The van der Waals surface area contributed by atoms with Crippen LogP contribution in [0.2, 0.25) is 0 Å². The monoisotopic (exact) mass is 426 g/mol. The lowest BCUT2D eigenvalue weighted by atomic mass is 10.0. The van der Waals surface area contributed by atoms with Crippen LogP contribution in [0.3, 0.4) is 0 Å². The van der Waals surface area contributed by atoms with Crippen LogP contribution in [0, 0.1) is 0 Å². The fraction of sp³-hybridized carbons (Fsp3) is 0.350. The fourth-order valence-electron chi connectivity index (χ4n) is 3.42. The summed E-state index contributed by atoms with van der Waals surface area (Å²) in [6.45, 7) is 0.304. The summed E-state index contributed by atoms with van der Waals surface area (Å²) in [6, 6.07) is 11.8. The maximum atomic E-state index is 13.0. The predicted molar refractivity (Wildman–Crippen MR) is 103 cm³/mol. The molecule has 0 unspecified atom stereocenters.